The summed E-state index contributed by atoms with van der Waals surface area (Å²) in [6.45, 7) is 4.47. The van der Waals surface area contributed by atoms with Gasteiger partial charge in [-0.05, 0) is 28.4 Å². The van der Waals surface area contributed by atoms with Crippen LogP contribution in [0.3, 0.4) is 0 Å². The molecule has 1 aromatic rings. The predicted octanol–water partition coefficient (Wildman–Crippen LogP) is 1.62. The molecule has 1 aliphatic heterocycles. The zero-order valence-corrected chi connectivity index (χ0v) is 10.7. The number of aromatic nitrogens is 1. The summed E-state index contributed by atoms with van der Waals surface area (Å²) in [5, 5.41) is 0. The molecule has 86 valence electrons. The highest BCUT2D eigenvalue weighted by Gasteiger charge is 2.20. The average Bonchev–Trinajstić information content (AvgIpc) is 2.33. The van der Waals surface area contributed by atoms with Crippen molar-refractivity contribution in [2.75, 3.05) is 26.3 Å². The molecule has 0 radical (unpaired) electrons. The molecule has 2 rings (SSSR count). The first-order chi connectivity index (χ1) is 7.70. The van der Waals surface area contributed by atoms with Crippen molar-refractivity contribution in [2.45, 2.75) is 6.92 Å². The van der Waals surface area contributed by atoms with Crippen LogP contribution in [-0.4, -0.2) is 42.1 Å². The van der Waals surface area contributed by atoms with E-state index in [-0.39, 0.29) is 5.91 Å². The molecule has 0 unspecified atom stereocenters. The molecular formula is C11H13BrN2O2. The second kappa shape index (κ2) is 4.93. The maximum Gasteiger partial charge on any atom is 0.255 e. The first-order valence-corrected chi connectivity index (χ1v) is 5.96. The zero-order valence-electron chi connectivity index (χ0n) is 9.07. The lowest BCUT2D eigenvalue weighted by atomic mass is 10.1. The molecule has 1 aliphatic rings. The summed E-state index contributed by atoms with van der Waals surface area (Å²) in [6.07, 6.45) is 3.32. The van der Waals surface area contributed by atoms with Crippen molar-refractivity contribution >= 4 is 21.8 Å². The molecule has 16 heavy (non-hydrogen) atoms. The van der Waals surface area contributed by atoms with Gasteiger partial charge in [0.15, 0.2) is 0 Å². The fourth-order valence-corrected chi connectivity index (χ4v) is 1.98. The molecule has 1 saturated heterocycles. The molecule has 0 aliphatic carbocycles. The normalized spacial score (nSPS) is 16.2. The Hall–Kier alpha value is -0.940. The highest BCUT2D eigenvalue weighted by atomic mass is 79.9. The number of carbonyl (C=O) groups excluding carboxylic acids is 1. The highest BCUT2D eigenvalue weighted by molar-refractivity contribution is 9.10. The van der Waals surface area contributed by atoms with Crippen LogP contribution in [0.1, 0.15) is 15.9 Å². The number of hydrogen-bond acceptors (Lipinski definition) is 3. The number of hydrogen-bond donors (Lipinski definition) is 0. The van der Waals surface area contributed by atoms with E-state index < -0.39 is 0 Å². The maximum absolute atomic E-state index is 12.2. The average molecular weight is 285 g/mol. The Labute approximate surface area is 103 Å². The molecule has 0 atom stereocenters. The Morgan fingerprint density at radius 2 is 2.12 bits per heavy atom. The molecule has 1 fully saturated rings. The van der Waals surface area contributed by atoms with Crippen LogP contribution in [-0.2, 0) is 4.74 Å². The second-order valence-corrected chi connectivity index (χ2v) is 4.55. The number of rotatable bonds is 1. The van der Waals surface area contributed by atoms with Crippen LogP contribution in [0.15, 0.2) is 16.9 Å². The van der Waals surface area contributed by atoms with Gasteiger partial charge >= 0.3 is 0 Å². The summed E-state index contributed by atoms with van der Waals surface area (Å²) in [5.41, 5.74) is 1.60. The smallest absolute Gasteiger partial charge is 0.255 e. The van der Waals surface area contributed by atoms with Crippen molar-refractivity contribution in [3.63, 3.8) is 0 Å². The topological polar surface area (TPSA) is 42.4 Å². The maximum atomic E-state index is 12.2. The van der Waals surface area contributed by atoms with Gasteiger partial charge in [0.1, 0.15) is 0 Å². The van der Waals surface area contributed by atoms with E-state index >= 15 is 0 Å². The monoisotopic (exact) mass is 284 g/mol. The van der Waals surface area contributed by atoms with Gasteiger partial charge in [-0.3, -0.25) is 9.78 Å². The third kappa shape index (κ3) is 2.25. The zero-order chi connectivity index (χ0) is 11.5. The predicted molar refractivity (Wildman–Crippen MR) is 63.4 cm³/mol. The van der Waals surface area contributed by atoms with Gasteiger partial charge in [-0.2, -0.15) is 0 Å². The van der Waals surface area contributed by atoms with E-state index in [0.29, 0.717) is 31.9 Å². The van der Waals surface area contributed by atoms with Crippen LogP contribution in [0.4, 0.5) is 0 Å². The number of nitrogens with zero attached hydrogens (tertiary/aromatic N) is 2. The van der Waals surface area contributed by atoms with Gasteiger partial charge in [0.2, 0.25) is 0 Å². The molecule has 0 N–H and O–H groups in total. The minimum atomic E-state index is 0.0367. The SMILES string of the molecule is Cc1c(Br)cncc1C(=O)N1CCOCC1. The molecule has 1 aromatic heterocycles. The second-order valence-electron chi connectivity index (χ2n) is 3.70. The van der Waals surface area contributed by atoms with Crippen LogP contribution < -0.4 is 0 Å². The Morgan fingerprint density at radius 1 is 1.44 bits per heavy atom. The number of pyridine rings is 1. The van der Waals surface area contributed by atoms with Gasteiger partial charge in [-0.15, -0.1) is 0 Å². The van der Waals surface area contributed by atoms with Gasteiger partial charge in [0.05, 0.1) is 18.8 Å². The van der Waals surface area contributed by atoms with Gasteiger partial charge in [0, 0.05) is 30.0 Å². The Morgan fingerprint density at radius 3 is 2.81 bits per heavy atom. The lowest BCUT2D eigenvalue weighted by Gasteiger charge is -2.27. The molecular weight excluding hydrogens is 272 g/mol. The molecule has 1 amide bonds. The molecule has 4 nitrogen and oxygen atoms in total. The number of ether oxygens (including phenoxy) is 1. The molecule has 2 heterocycles. The first-order valence-electron chi connectivity index (χ1n) is 5.17. The number of halogens is 1. The van der Waals surface area contributed by atoms with E-state index in [1.165, 1.54) is 0 Å². The van der Waals surface area contributed by atoms with Gasteiger partial charge in [-0.1, -0.05) is 0 Å². The largest absolute Gasteiger partial charge is 0.378 e. The van der Waals surface area contributed by atoms with Crippen molar-refractivity contribution in [2.24, 2.45) is 0 Å². The summed E-state index contributed by atoms with van der Waals surface area (Å²) in [7, 11) is 0. The Balaban J connectivity index is 2.22. The number of carbonyl (C=O) groups is 1. The molecule has 0 saturated carbocycles. The van der Waals surface area contributed by atoms with Crippen LogP contribution in [0, 0.1) is 6.92 Å². The van der Waals surface area contributed by atoms with Crippen LogP contribution in [0.25, 0.3) is 0 Å². The molecule has 0 bridgehead atoms. The van der Waals surface area contributed by atoms with E-state index in [4.69, 9.17) is 4.74 Å². The standard InChI is InChI=1S/C11H13BrN2O2/c1-8-9(6-13-7-10(8)12)11(15)14-2-4-16-5-3-14/h6-7H,2-5H2,1H3. The summed E-state index contributed by atoms with van der Waals surface area (Å²) in [5.74, 6) is 0.0367. The molecule has 0 aromatic carbocycles. The van der Waals surface area contributed by atoms with Gasteiger partial charge in [0.25, 0.3) is 5.91 Å². The fraction of sp³-hybridized carbons (Fsp3) is 0.455. The number of amides is 1. The summed E-state index contributed by atoms with van der Waals surface area (Å²) < 4.78 is 6.09. The van der Waals surface area contributed by atoms with Gasteiger partial charge in [-0.25, -0.2) is 0 Å². The lowest BCUT2D eigenvalue weighted by molar-refractivity contribution is 0.0302. The van der Waals surface area contributed by atoms with Crippen molar-refractivity contribution in [1.29, 1.82) is 0 Å². The van der Waals surface area contributed by atoms with Crippen molar-refractivity contribution in [3.05, 3.63) is 28.0 Å². The van der Waals surface area contributed by atoms with Crippen LogP contribution in [0.2, 0.25) is 0 Å². The summed E-state index contributed by atoms with van der Waals surface area (Å²) in [6, 6.07) is 0. The van der Waals surface area contributed by atoms with E-state index in [1.807, 2.05) is 6.92 Å². The quantitative estimate of drug-likeness (QED) is 0.787. The minimum absolute atomic E-state index is 0.0367. The first kappa shape index (κ1) is 11.5. The Kier molecular flexibility index (Phi) is 3.56. The van der Waals surface area contributed by atoms with Gasteiger partial charge < -0.3 is 9.64 Å². The van der Waals surface area contributed by atoms with E-state index in [0.717, 1.165) is 10.0 Å². The van der Waals surface area contributed by atoms with E-state index in [1.54, 1.807) is 17.3 Å². The summed E-state index contributed by atoms with van der Waals surface area (Å²) in [4.78, 5) is 18.0. The minimum Gasteiger partial charge on any atom is -0.378 e. The van der Waals surface area contributed by atoms with Crippen molar-refractivity contribution in [3.8, 4) is 0 Å². The third-order valence-corrected chi connectivity index (χ3v) is 3.48. The summed E-state index contributed by atoms with van der Waals surface area (Å²) >= 11 is 3.38. The fourth-order valence-electron chi connectivity index (χ4n) is 1.65. The van der Waals surface area contributed by atoms with E-state index in [9.17, 15) is 4.79 Å². The van der Waals surface area contributed by atoms with Crippen LogP contribution in [0.5, 0.6) is 0 Å². The number of morpholine rings is 1. The van der Waals surface area contributed by atoms with Crippen molar-refractivity contribution < 1.29 is 9.53 Å². The molecule has 0 spiro atoms. The molecule has 5 heteroatoms. The highest BCUT2D eigenvalue weighted by Crippen LogP contribution is 2.19. The Bertz CT molecular complexity index is 403. The lowest BCUT2D eigenvalue weighted by Crippen LogP contribution is -2.41. The van der Waals surface area contributed by atoms with Crippen LogP contribution >= 0.6 is 15.9 Å². The third-order valence-electron chi connectivity index (χ3n) is 2.68. The van der Waals surface area contributed by atoms with E-state index in [2.05, 4.69) is 20.9 Å². The van der Waals surface area contributed by atoms with Crippen molar-refractivity contribution in [1.82, 2.24) is 9.88 Å².